The van der Waals surface area contributed by atoms with E-state index in [9.17, 15) is 29.0 Å². The maximum Gasteiger partial charge on any atom is 0.313 e. The molecule has 0 aliphatic carbocycles. The molecule has 0 aliphatic rings. The van der Waals surface area contributed by atoms with Crippen molar-refractivity contribution in [2.75, 3.05) is 0 Å². The molecule has 0 unspecified atom stereocenters. The molecule has 0 bridgehead atoms. The SMILES string of the molecule is O=[N+]([O-])c1cc(-c2[c]ccc(F)c2[N+](=O)[O-])ccc1F. The van der Waals surface area contributed by atoms with Gasteiger partial charge >= 0.3 is 11.4 Å². The maximum absolute atomic E-state index is 13.5. The van der Waals surface area contributed by atoms with Crippen molar-refractivity contribution in [1.82, 2.24) is 0 Å². The summed E-state index contributed by atoms with van der Waals surface area (Å²) in [5, 5.41) is 21.5. The normalized spacial score (nSPS) is 10.3. The number of nitrogens with zero attached hydrogens (tertiary/aromatic N) is 2. The second kappa shape index (κ2) is 5.00. The minimum atomic E-state index is -1.10. The van der Waals surface area contributed by atoms with Gasteiger partial charge in [0.2, 0.25) is 11.6 Å². The molecule has 0 spiro atoms. The van der Waals surface area contributed by atoms with E-state index in [2.05, 4.69) is 6.07 Å². The molecule has 0 amide bonds. The Labute approximate surface area is 110 Å². The zero-order chi connectivity index (χ0) is 14.9. The monoisotopic (exact) mass is 279 g/mol. The smallest absolute Gasteiger partial charge is 0.258 e. The molecule has 0 atom stereocenters. The average Bonchev–Trinajstić information content (AvgIpc) is 2.38. The van der Waals surface area contributed by atoms with Crippen LogP contribution in [0.15, 0.2) is 30.3 Å². The van der Waals surface area contributed by atoms with E-state index >= 15 is 0 Å². The first kappa shape index (κ1) is 13.5. The van der Waals surface area contributed by atoms with E-state index in [0.29, 0.717) is 0 Å². The van der Waals surface area contributed by atoms with Gasteiger partial charge in [-0.15, -0.1) is 0 Å². The fraction of sp³-hybridized carbons (Fsp3) is 0. The predicted octanol–water partition coefficient (Wildman–Crippen LogP) is 3.25. The topological polar surface area (TPSA) is 86.3 Å². The lowest BCUT2D eigenvalue weighted by atomic mass is 10.0. The molecule has 0 fully saturated rings. The Morgan fingerprint density at radius 2 is 1.70 bits per heavy atom. The highest BCUT2D eigenvalue weighted by atomic mass is 19.1. The highest BCUT2D eigenvalue weighted by Gasteiger charge is 2.23. The summed E-state index contributed by atoms with van der Waals surface area (Å²) in [6, 6.07) is 7.06. The first-order valence-electron chi connectivity index (χ1n) is 5.20. The van der Waals surface area contributed by atoms with Crippen molar-refractivity contribution in [2.45, 2.75) is 0 Å². The van der Waals surface area contributed by atoms with E-state index < -0.39 is 32.9 Å². The number of nitro groups is 2. The number of halogens is 2. The summed E-state index contributed by atoms with van der Waals surface area (Å²) < 4.78 is 26.7. The third-order valence-corrected chi connectivity index (χ3v) is 2.53. The fourth-order valence-electron chi connectivity index (χ4n) is 1.67. The van der Waals surface area contributed by atoms with Crippen LogP contribution in [0.4, 0.5) is 20.2 Å². The van der Waals surface area contributed by atoms with E-state index in [4.69, 9.17) is 0 Å². The van der Waals surface area contributed by atoms with Crippen LogP contribution in [-0.4, -0.2) is 9.85 Å². The molecule has 2 rings (SSSR count). The van der Waals surface area contributed by atoms with Crippen molar-refractivity contribution in [3.05, 3.63) is 68.3 Å². The van der Waals surface area contributed by atoms with Gasteiger partial charge in [-0.05, 0) is 23.8 Å². The van der Waals surface area contributed by atoms with Crippen LogP contribution in [0.25, 0.3) is 11.1 Å². The van der Waals surface area contributed by atoms with Gasteiger partial charge in [-0.2, -0.15) is 8.78 Å². The van der Waals surface area contributed by atoms with Crippen LogP contribution >= 0.6 is 0 Å². The van der Waals surface area contributed by atoms with Crippen LogP contribution in [0.5, 0.6) is 0 Å². The fourth-order valence-corrected chi connectivity index (χ4v) is 1.67. The Balaban J connectivity index is 2.69. The Hall–Kier alpha value is -2.90. The summed E-state index contributed by atoms with van der Waals surface area (Å²) in [5.41, 5.74) is -2.06. The van der Waals surface area contributed by atoms with Crippen molar-refractivity contribution >= 4 is 11.4 Å². The zero-order valence-corrected chi connectivity index (χ0v) is 9.67. The molecule has 1 radical (unpaired) electrons. The standard InChI is InChI=1S/C12H5F2N2O4/c13-9-5-4-7(6-11(9)15(17)18)8-2-1-3-10(14)12(8)16(19)20/h1,3-6H. The van der Waals surface area contributed by atoms with Gasteiger partial charge in [0.1, 0.15) is 0 Å². The molecule has 0 aromatic heterocycles. The van der Waals surface area contributed by atoms with Crippen LogP contribution in [0, 0.1) is 37.9 Å². The lowest BCUT2D eigenvalue weighted by Gasteiger charge is -2.04. The molecule has 2 aromatic rings. The second-order valence-corrected chi connectivity index (χ2v) is 3.73. The molecule has 101 valence electrons. The Morgan fingerprint density at radius 1 is 1.00 bits per heavy atom. The molecule has 0 saturated heterocycles. The molecule has 2 aromatic carbocycles. The zero-order valence-electron chi connectivity index (χ0n) is 9.67. The molecular formula is C12H5F2N2O4. The van der Waals surface area contributed by atoms with Crippen molar-refractivity contribution in [3.63, 3.8) is 0 Å². The summed E-state index contributed by atoms with van der Waals surface area (Å²) in [5.74, 6) is -2.19. The van der Waals surface area contributed by atoms with E-state index in [1.807, 2.05) is 0 Å². The molecule has 8 heteroatoms. The number of nitro benzene ring substituents is 2. The third-order valence-electron chi connectivity index (χ3n) is 2.53. The summed E-state index contributed by atoms with van der Waals surface area (Å²) in [7, 11) is 0. The summed E-state index contributed by atoms with van der Waals surface area (Å²) >= 11 is 0. The first-order valence-corrected chi connectivity index (χ1v) is 5.20. The molecule has 0 N–H and O–H groups in total. The number of benzene rings is 2. The van der Waals surface area contributed by atoms with Crippen LogP contribution in [-0.2, 0) is 0 Å². The lowest BCUT2D eigenvalue weighted by Crippen LogP contribution is -1.97. The number of rotatable bonds is 3. The quantitative estimate of drug-likeness (QED) is 0.637. The van der Waals surface area contributed by atoms with E-state index in [1.54, 1.807) is 0 Å². The molecule has 0 aliphatic heterocycles. The highest BCUT2D eigenvalue weighted by molar-refractivity contribution is 5.74. The number of hydrogen-bond acceptors (Lipinski definition) is 4. The summed E-state index contributed by atoms with van der Waals surface area (Å²) in [6.45, 7) is 0. The van der Waals surface area contributed by atoms with E-state index in [-0.39, 0.29) is 11.1 Å². The summed E-state index contributed by atoms with van der Waals surface area (Å²) in [4.78, 5) is 19.5. The Morgan fingerprint density at radius 3 is 2.30 bits per heavy atom. The van der Waals surface area contributed by atoms with Gasteiger partial charge in [-0.3, -0.25) is 20.2 Å². The highest BCUT2D eigenvalue weighted by Crippen LogP contribution is 2.33. The van der Waals surface area contributed by atoms with E-state index in [1.165, 1.54) is 0 Å². The second-order valence-electron chi connectivity index (χ2n) is 3.73. The minimum absolute atomic E-state index is 0.0655. The van der Waals surface area contributed by atoms with Gasteiger partial charge < -0.3 is 0 Å². The number of hydrogen-bond donors (Lipinski definition) is 0. The predicted molar refractivity (Wildman–Crippen MR) is 63.9 cm³/mol. The first-order chi connectivity index (χ1) is 9.41. The average molecular weight is 279 g/mol. The molecule has 0 saturated carbocycles. The van der Waals surface area contributed by atoms with Gasteiger partial charge in [-0.25, -0.2) is 0 Å². The van der Waals surface area contributed by atoms with Crippen LogP contribution in [0.2, 0.25) is 0 Å². The molecular weight excluding hydrogens is 274 g/mol. The maximum atomic E-state index is 13.5. The van der Waals surface area contributed by atoms with Crippen molar-refractivity contribution in [3.8, 4) is 11.1 Å². The van der Waals surface area contributed by atoms with Crippen LogP contribution in [0.3, 0.4) is 0 Å². The van der Waals surface area contributed by atoms with Crippen molar-refractivity contribution in [1.29, 1.82) is 0 Å². The molecule has 6 nitrogen and oxygen atoms in total. The molecule has 0 heterocycles. The Kier molecular flexibility index (Phi) is 3.38. The van der Waals surface area contributed by atoms with Gasteiger partial charge in [0.25, 0.3) is 0 Å². The van der Waals surface area contributed by atoms with Crippen LogP contribution < -0.4 is 0 Å². The summed E-state index contributed by atoms with van der Waals surface area (Å²) in [6.07, 6.45) is 0. The largest absolute Gasteiger partial charge is 0.313 e. The van der Waals surface area contributed by atoms with Gasteiger partial charge in [-0.1, -0.05) is 12.1 Å². The minimum Gasteiger partial charge on any atom is -0.258 e. The van der Waals surface area contributed by atoms with Crippen molar-refractivity contribution < 1.29 is 18.6 Å². The van der Waals surface area contributed by atoms with Crippen LogP contribution in [0.1, 0.15) is 0 Å². The third kappa shape index (κ3) is 2.30. The Bertz CT molecular complexity index is 719. The van der Waals surface area contributed by atoms with Gasteiger partial charge in [0, 0.05) is 6.07 Å². The van der Waals surface area contributed by atoms with Gasteiger partial charge in [0.15, 0.2) is 0 Å². The molecule has 20 heavy (non-hydrogen) atoms. The van der Waals surface area contributed by atoms with Crippen molar-refractivity contribution in [2.24, 2.45) is 0 Å². The van der Waals surface area contributed by atoms with Gasteiger partial charge in [0.05, 0.1) is 15.4 Å². The van der Waals surface area contributed by atoms with E-state index in [0.717, 1.165) is 30.3 Å². The lowest BCUT2D eigenvalue weighted by molar-refractivity contribution is -0.387.